The normalized spacial score (nSPS) is 24.0. The van der Waals surface area contributed by atoms with Crippen LogP contribution in [0.2, 0.25) is 0 Å². The number of carbonyl (C=O) groups excluding carboxylic acids is 1. The first-order valence-electron chi connectivity index (χ1n) is 5.59. The van der Waals surface area contributed by atoms with Crippen LogP contribution in [0.4, 0.5) is 8.78 Å². The second kappa shape index (κ2) is 4.41. The number of ketones is 1. The maximum absolute atomic E-state index is 13.9. The molecular weight excluding hydrogens is 242 g/mol. The molecule has 1 aromatic rings. The van der Waals surface area contributed by atoms with Crippen molar-refractivity contribution in [3.63, 3.8) is 0 Å². The summed E-state index contributed by atoms with van der Waals surface area (Å²) in [6, 6.07) is 2.51. The third-order valence-electron chi connectivity index (χ3n) is 3.21. The first kappa shape index (κ1) is 12.6. The summed E-state index contributed by atoms with van der Waals surface area (Å²) < 4.78 is 26.8. The van der Waals surface area contributed by atoms with Crippen molar-refractivity contribution >= 4 is 17.5 Å². The molecule has 1 aliphatic heterocycles. The van der Waals surface area contributed by atoms with Gasteiger partial charge in [0.05, 0.1) is 10.3 Å². The Morgan fingerprint density at radius 2 is 2.12 bits per heavy atom. The van der Waals surface area contributed by atoms with Gasteiger partial charge in [0.1, 0.15) is 11.6 Å². The van der Waals surface area contributed by atoms with E-state index < -0.39 is 22.2 Å². The average Bonchev–Trinajstić information content (AvgIpc) is 2.72. The summed E-state index contributed by atoms with van der Waals surface area (Å²) >= 11 is 1.49. The van der Waals surface area contributed by atoms with Gasteiger partial charge in [-0.3, -0.25) is 4.79 Å². The molecule has 0 N–H and O–H groups in total. The van der Waals surface area contributed by atoms with Gasteiger partial charge in [0.25, 0.3) is 0 Å². The lowest BCUT2D eigenvalue weighted by atomic mass is 9.93. The number of halogens is 2. The first-order valence-corrected chi connectivity index (χ1v) is 6.57. The third kappa shape index (κ3) is 2.10. The molecule has 0 bridgehead atoms. The molecule has 0 aromatic heterocycles. The first-order chi connectivity index (χ1) is 7.96. The van der Waals surface area contributed by atoms with Crippen molar-refractivity contribution in [2.24, 2.45) is 0 Å². The number of aryl methyl sites for hydroxylation is 1. The molecule has 1 aromatic carbocycles. The summed E-state index contributed by atoms with van der Waals surface area (Å²) in [6.07, 6.45) is 1.60. The smallest absolute Gasteiger partial charge is 0.184 e. The number of carbonyl (C=O) groups is 1. The fourth-order valence-electron chi connectivity index (χ4n) is 2.09. The molecule has 0 amide bonds. The van der Waals surface area contributed by atoms with Crippen LogP contribution in [0, 0.1) is 18.6 Å². The Bertz CT molecular complexity index is 465. The number of benzene rings is 1. The van der Waals surface area contributed by atoms with Crippen LogP contribution < -0.4 is 0 Å². The van der Waals surface area contributed by atoms with E-state index in [1.54, 1.807) is 6.92 Å². The van der Waals surface area contributed by atoms with E-state index in [2.05, 4.69) is 0 Å². The van der Waals surface area contributed by atoms with Crippen LogP contribution in [0.3, 0.4) is 0 Å². The molecule has 17 heavy (non-hydrogen) atoms. The maximum Gasteiger partial charge on any atom is 0.184 e. The van der Waals surface area contributed by atoms with Crippen molar-refractivity contribution in [2.75, 3.05) is 5.75 Å². The van der Waals surface area contributed by atoms with Crippen LogP contribution in [0.1, 0.15) is 35.7 Å². The number of Topliss-reactive ketones (excluding diaryl/α,β-unsaturated/α-hetero) is 1. The molecule has 4 heteroatoms. The number of thioether (sulfide) groups is 1. The minimum atomic E-state index is -0.758. The van der Waals surface area contributed by atoms with Gasteiger partial charge in [-0.15, -0.1) is 11.8 Å². The van der Waals surface area contributed by atoms with Crippen molar-refractivity contribution < 1.29 is 13.6 Å². The van der Waals surface area contributed by atoms with E-state index in [9.17, 15) is 13.6 Å². The Morgan fingerprint density at radius 1 is 1.41 bits per heavy atom. The van der Waals surface area contributed by atoms with E-state index in [0.29, 0.717) is 12.0 Å². The molecular formula is C13H14F2OS. The molecule has 1 heterocycles. The van der Waals surface area contributed by atoms with Gasteiger partial charge in [0.15, 0.2) is 5.78 Å². The fourth-order valence-corrected chi connectivity index (χ4v) is 3.35. The topological polar surface area (TPSA) is 17.1 Å². The van der Waals surface area contributed by atoms with Gasteiger partial charge in [-0.2, -0.15) is 0 Å². The maximum atomic E-state index is 13.9. The molecule has 0 spiro atoms. The molecule has 0 radical (unpaired) electrons. The molecule has 1 unspecified atom stereocenters. The monoisotopic (exact) mass is 256 g/mol. The van der Waals surface area contributed by atoms with Gasteiger partial charge in [-0.05, 0) is 44.1 Å². The van der Waals surface area contributed by atoms with E-state index >= 15 is 0 Å². The molecule has 1 atom stereocenters. The highest BCUT2D eigenvalue weighted by atomic mass is 32.2. The summed E-state index contributed by atoms with van der Waals surface area (Å²) in [7, 11) is 0. The van der Waals surface area contributed by atoms with Crippen LogP contribution in [0.5, 0.6) is 0 Å². The van der Waals surface area contributed by atoms with Gasteiger partial charge < -0.3 is 0 Å². The van der Waals surface area contributed by atoms with E-state index in [0.717, 1.165) is 18.2 Å². The lowest BCUT2D eigenvalue weighted by Crippen LogP contribution is -2.30. The number of rotatable bonds is 2. The summed E-state index contributed by atoms with van der Waals surface area (Å²) in [4.78, 5) is 12.3. The Hall–Kier alpha value is -0.900. The molecule has 2 rings (SSSR count). The number of hydrogen-bond donors (Lipinski definition) is 0. The Balaban J connectivity index is 2.47. The number of hydrogen-bond acceptors (Lipinski definition) is 2. The average molecular weight is 256 g/mol. The SMILES string of the molecule is Cc1ccc(F)c(C(=O)C2(C)CCCS2)c1F. The Labute approximate surface area is 104 Å². The van der Waals surface area contributed by atoms with E-state index in [-0.39, 0.29) is 5.56 Å². The minimum Gasteiger partial charge on any atom is -0.292 e. The van der Waals surface area contributed by atoms with Crippen molar-refractivity contribution in [2.45, 2.75) is 31.4 Å². The van der Waals surface area contributed by atoms with Crippen LogP contribution >= 0.6 is 11.8 Å². The lowest BCUT2D eigenvalue weighted by molar-refractivity contribution is 0.0940. The molecule has 0 saturated carbocycles. The standard InChI is InChI=1S/C13H14F2OS/c1-8-4-5-9(14)10(11(8)15)12(16)13(2)6-3-7-17-13/h4-5H,3,6-7H2,1-2H3. The molecule has 1 aliphatic rings. The Kier molecular flexibility index (Phi) is 3.25. The predicted molar refractivity (Wildman–Crippen MR) is 65.5 cm³/mol. The third-order valence-corrected chi connectivity index (χ3v) is 4.73. The summed E-state index contributed by atoms with van der Waals surface area (Å²) in [5.41, 5.74) is -0.0664. The van der Waals surface area contributed by atoms with Crippen molar-refractivity contribution in [1.29, 1.82) is 0 Å². The quantitative estimate of drug-likeness (QED) is 0.750. The van der Waals surface area contributed by atoms with Gasteiger partial charge in [-0.1, -0.05) is 6.07 Å². The second-order valence-corrected chi connectivity index (χ2v) is 6.16. The molecule has 1 saturated heterocycles. The van der Waals surface area contributed by atoms with Crippen LogP contribution in [0.25, 0.3) is 0 Å². The lowest BCUT2D eigenvalue weighted by Gasteiger charge is -2.21. The van der Waals surface area contributed by atoms with E-state index in [4.69, 9.17) is 0 Å². The van der Waals surface area contributed by atoms with Crippen molar-refractivity contribution in [3.05, 3.63) is 34.9 Å². The van der Waals surface area contributed by atoms with E-state index in [1.165, 1.54) is 24.8 Å². The van der Waals surface area contributed by atoms with Crippen molar-refractivity contribution in [1.82, 2.24) is 0 Å². The molecule has 0 aliphatic carbocycles. The molecule has 1 nitrogen and oxygen atoms in total. The van der Waals surface area contributed by atoms with Crippen LogP contribution in [-0.4, -0.2) is 16.3 Å². The summed E-state index contributed by atoms with van der Waals surface area (Å²) in [6.45, 7) is 3.31. The van der Waals surface area contributed by atoms with Crippen LogP contribution in [-0.2, 0) is 0 Å². The predicted octanol–water partition coefficient (Wildman–Crippen LogP) is 3.74. The summed E-state index contributed by atoms with van der Waals surface area (Å²) in [5, 5.41) is 0. The van der Waals surface area contributed by atoms with E-state index in [1.807, 2.05) is 0 Å². The zero-order chi connectivity index (χ0) is 12.6. The second-order valence-electron chi connectivity index (χ2n) is 4.57. The minimum absolute atomic E-state index is 0.307. The Morgan fingerprint density at radius 3 is 2.71 bits per heavy atom. The van der Waals surface area contributed by atoms with Gasteiger partial charge in [0.2, 0.25) is 0 Å². The van der Waals surface area contributed by atoms with Crippen LogP contribution in [0.15, 0.2) is 12.1 Å². The zero-order valence-electron chi connectivity index (χ0n) is 9.85. The van der Waals surface area contributed by atoms with Gasteiger partial charge >= 0.3 is 0 Å². The van der Waals surface area contributed by atoms with Gasteiger partial charge in [0, 0.05) is 0 Å². The van der Waals surface area contributed by atoms with Gasteiger partial charge in [-0.25, -0.2) is 8.78 Å². The molecule has 1 fully saturated rings. The fraction of sp³-hybridized carbons (Fsp3) is 0.462. The molecule has 92 valence electrons. The van der Waals surface area contributed by atoms with Crippen molar-refractivity contribution in [3.8, 4) is 0 Å². The highest BCUT2D eigenvalue weighted by molar-refractivity contribution is 8.01. The highest BCUT2D eigenvalue weighted by Gasteiger charge is 2.40. The highest BCUT2D eigenvalue weighted by Crippen LogP contribution is 2.41. The largest absolute Gasteiger partial charge is 0.292 e. The summed E-state index contributed by atoms with van der Waals surface area (Å²) in [5.74, 6) is -1.02. The zero-order valence-corrected chi connectivity index (χ0v) is 10.7.